The van der Waals surface area contributed by atoms with Gasteiger partial charge in [-0.3, -0.25) is 4.79 Å². The summed E-state index contributed by atoms with van der Waals surface area (Å²) in [4.78, 5) is 12.1. The number of hydrogen-bond acceptors (Lipinski definition) is 3. The van der Waals surface area contributed by atoms with Gasteiger partial charge in [0.1, 0.15) is 0 Å². The first-order chi connectivity index (χ1) is 9.67. The van der Waals surface area contributed by atoms with Gasteiger partial charge >= 0.3 is 0 Å². The minimum Gasteiger partial charge on any atom is -0.350 e. The minimum absolute atomic E-state index is 0.000307. The zero-order chi connectivity index (χ0) is 16.0. The molecular weight excluding hydrogens is 286 g/mol. The summed E-state index contributed by atoms with van der Waals surface area (Å²) in [5.74, 6) is 0.511. The number of amides is 1. The van der Waals surface area contributed by atoms with Crippen LogP contribution in [0.25, 0.3) is 0 Å². The molecule has 0 aliphatic rings. The molecule has 1 unspecified atom stereocenters. The van der Waals surface area contributed by atoms with E-state index in [1.807, 2.05) is 6.92 Å². The fraction of sp³-hybridized carbons (Fsp3) is 0.562. The second-order valence-corrected chi connectivity index (χ2v) is 8.25. The number of hydrogen-bond donors (Lipinski definition) is 1. The molecule has 4 nitrogen and oxygen atoms in total. The summed E-state index contributed by atoms with van der Waals surface area (Å²) in [6.45, 7) is 6.32. The SMILES string of the molecule is CC(C)CCC(C)NC(=O)c1ccc(CS(C)(=O)=O)cc1. The van der Waals surface area contributed by atoms with E-state index in [0.29, 0.717) is 17.0 Å². The second-order valence-electron chi connectivity index (χ2n) is 6.11. The van der Waals surface area contributed by atoms with E-state index >= 15 is 0 Å². The molecule has 0 saturated heterocycles. The molecule has 1 rings (SSSR count). The predicted molar refractivity (Wildman–Crippen MR) is 86.0 cm³/mol. The molecule has 0 saturated carbocycles. The van der Waals surface area contributed by atoms with Crippen molar-refractivity contribution in [3.8, 4) is 0 Å². The number of carbonyl (C=O) groups is 1. The van der Waals surface area contributed by atoms with Crippen molar-refractivity contribution < 1.29 is 13.2 Å². The molecule has 1 aromatic carbocycles. The van der Waals surface area contributed by atoms with Crippen molar-refractivity contribution >= 4 is 15.7 Å². The highest BCUT2D eigenvalue weighted by molar-refractivity contribution is 7.89. The maximum Gasteiger partial charge on any atom is 0.251 e. The number of rotatable bonds is 7. The van der Waals surface area contributed by atoms with Gasteiger partial charge in [-0.25, -0.2) is 8.42 Å². The number of carbonyl (C=O) groups excluding carboxylic acids is 1. The van der Waals surface area contributed by atoms with Crippen molar-refractivity contribution in [1.82, 2.24) is 5.32 Å². The molecule has 1 N–H and O–H groups in total. The highest BCUT2D eigenvalue weighted by Gasteiger charge is 2.11. The monoisotopic (exact) mass is 311 g/mol. The molecule has 0 aliphatic heterocycles. The van der Waals surface area contributed by atoms with Crippen molar-refractivity contribution in [3.05, 3.63) is 35.4 Å². The van der Waals surface area contributed by atoms with Crippen LogP contribution < -0.4 is 5.32 Å². The molecule has 118 valence electrons. The summed E-state index contributed by atoms with van der Waals surface area (Å²) in [6, 6.07) is 6.86. The quantitative estimate of drug-likeness (QED) is 0.842. The Labute approximate surface area is 127 Å². The smallest absolute Gasteiger partial charge is 0.251 e. The molecule has 0 aliphatic carbocycles. The van der Waals surface area contributed by atoms with Crippen LogP contribution in [0.15, 0.2) is 24.3 Å². The topological polar surface area (TPSA) is 63.2 Å². The van der Waals surface area contributed by atoms with Gasteiger partial charge in [0.05, 0.1) is 5.75 Å². The lowest BCUT2D eigenvalue weighted by Gasteiger charge is -2.15. The zero-order valence-corrected chi connectivity index (χ0v) is 14.0. The van der Waals surface area contributed by atoms with Crippen LogP contribution in [0.5, 0.6) is 0 Å². The van der Waals surface area contributed by atoms with Gasteiger partial charge in [0.25, 0.3) is 5.91 Å². The molecule has 0 bridgehead atoms. The Kier molecular flexibility index (Phi) is 6.40. The maximum atomic E-state index is 12.1. The second kappa shape index (κ2) is 7.59. The maximum absolute atomic E-state index is 12.1. The lowest BCUT2D eigenvalue weighted by Crippen LogP contribution is -2.32. The minimum atomic E-state index is -3.05. The third-order valence-corrected chi connectivity index (χ3v) is 4.06. The Morgan fingerprint density at radius 2 is 1.67 bits per heavy atom. The van der Waals surface area contributed by atoms with Gasteiger partial charge in [0.15, 0.2) is 9.84 Å². The van der Waals surface area contributed by atoms with Crippen LogP contribution in [0.2, 0.25) is 0 Å². The summed E-state index contributed by atoms with van der Waals surface area (Å²) in [5.41, 5.74) is 1.26. The van der Waals surface area contributed by atoms with E-state index in [2.05, 4.69) is 19.2 Å². The Balaban J connectivity index is 2.59. The summed E-state index contributed by atoms with van der Waals surface area (Å²) >= 11 is 0. The average molecular weight is 311 g/mol. The van der Waals surface area contributed by atoms with E-state index in [1.54, 1.807) is 24.3 Å². The third kappa shape index (κ3) is 7.27. The van der Waals surface area contributed by atoms with Crippen molar-refractivity contribution in [2.75, 3.05) is 6.26 Å². The first kappa shape index (κ1) is 17.7. The van der Waals surface area contributed by atoms with Crippen molar-refractivity contribution in [2.45, 2.75) is 45.4 Å². The number of nitrogens with one attached hydrogen (secondary N) is 1. The standard InChI is InChI=1S/C16H25NO3S/c1-12(2)5-6-13(3)17-16(18)15-9-7-14(8-10-15)11-21(4,19)20/h7-10,12-13H,5-6,11H2,1-4H3,(H,17,18). The predicted octanol–water partition coefficient (Wildman–Crippen LogP) is 2.79. The van der Waals surface area contributed by atoms with E-state index in [-0.39, 0.29) is 17.7 Å². The van der Waals surface area contributed by atoms with Crippen LogP contribution in [0.3, 0.4) is 0 Å². The van der Waals surface area contributed by atoms with Gasteiger partial charge < -0.3 is 5.32 Å². The van der Waals surface area contributed by atoms with Gasteiger partial charge in [0, 0.05) is 17.9 Å². The molecular formula is C16H25NO3S. The molecule has 0 heterocycles. The highest BCUT2D eigenvalue weighted by Crippen LogP contribution is 2.10. The molecule has 0 spiro atoms. The molecule has 1 atom stereocenters. The normalized spacial score (nSPS) is 13.2. The van der Waals surface area contributed by atoms with E-state index < -0.39 is 9.84 Å². The van der Waals surface area contributed by atoms with Crippen LogP contribution in [-0.4, -0.2) is 26.6 Å². The van der Waals surface area contributed by atoms with Crippen molar-refractivity contribution in [2.24, 2.45) is 5.92 Å². The van der Waals surface area contributed by atoms with Gasteiger partial charge in [-0.2, -0.15) is 0 Å². The van der Waals surface area contributed by atoms with Gasteiger partial charge in [-0.15, -0.1) is 0 Å². The summed E-state index contributed by atoms with van der Waals surface area (Å²) < 4.78 is 22.4. The number of sulfone groups is 1. The van der Waals surface area contributed by atoms with Gasteiger partial charge in [-0.1, -0.05) is 26.0 Å². The molecule has 5 heteroatoms. The average Bonchev–Trinajstić information content (AvgIpc) is 2.35. The largest absolute Gasteiger partial charge is 0.350 e. The van der Waals surface area contributed by atoms with Gasteiger partial charge in [-0.05, 0) is 43.4 Å². The first-order valence-electron chi connectivity index (χ1n) is 7.25. The van der Waals surface area contributed by atoms with Crippen LogP contribution in [0.4, 0.5) is 0 Å². The fourth-order valence-corrected chi connectivity index (χ4v) is 2.82. The number of benzene rings is 1. The van der Waals surface area contributed by atoms with E-state index in [4.69, 9.17) is 0 Å². The molecule has 1 amide bonds. The molecule has 0 radical (unpaired) electrons. The summed E-state index contributed by atoms with van der Waals surface area (Å²) in [6.07, 6.45) is 3.23. The highest BCUT2D eigenvalue weighted by atomic mass is 32.2. The lowest BCUT2D eigenvalue weighted by molar-refractivity contribution is 0.0937. The molecule has 21 heavy (non-hydrogen) atoms. The van der Waals surface area contributed by atoms with Crippen LogP contribution >= 0.6 is 0 Å². The Morgan fingerprint density at radius 1 is 1.10 bits per heavy atom. The van der Waals surface area contributed by atoms with Crippen molar-refractivity contribution in [3.63, 3.8) is 0 Å². The van der Waals surface area contributed by atoms with Gasteiger partial charge in [0.2, 0.25) is 0 Å². The first-order valence-corrected chi connectivity index (χ1v) is 9.31. The van der Waals surface area contributed by atoms with Crippen LogP contribution in [0.1, 0.15) is 49.5 Å². The zero-order valence-electron chi connectivity index (χ0n) is 13.2. The van der Waals surface area contributed by atoms with E-state index in [1.165, 1.54) is 6.26 Å². The van der Waals surface area contributed by atoms with E-state index in [9.17, 15) is 13.2 Å². The third-order valence-electron chi connectivity index (χ3n) is 3.20. The summed E-state index contributed by atoms with van der Waals surface area (Å²) in [5, 5.41) is 2.96. The van der Waals surface area contributed by atoms with Crippen molar-refractivity contribution in [1.29, 1.82) is 0 Å². The van der Waals surface area contributed by atoms with Crippen LogP contribution in [-0.2, 0) is 15.6 Å². The molecule has 1 aromatic rings. The van der Waals surface area contributed by atoms with E-state index in [0.717, 1.165) is 12.8 Å². The molecule has 0 aromatic heterocycles. The Bertz CT molecular complexity index is 562. The van der Waals surface area contributed by atoms with Crippen LogP contribution in [0, 0.1) is 5.92 Å². The Morgan fingerprint density at radius 3 is 2.14 bits per heavy atom. The lowest BCUT2D eigenvalue weighted by atomic mass is 10.0. The Hall–Kier alpha value is -1.36. The fourth-order valence-electron chi connectivity index (χ4n) is 2.02. The molecule has 0 fully saturated rings. The summed E-state index contributed by atoms with van der Waals surface area (Å²) in [7, 11) is -3.05.